The molecule has 12 heavy (non-hydrogen) atoms. The Kier molecular flexibility index (Phi) is 1.60. The van der Waals surface area contributed by atoms with Crippen LogP contribution in [-0.4, -0.2) is 11.6 Å². The lowest BCUT2D eigenvalue weighted by molar-refractivity contribution is -0.135. The van der Waals surface area contributed by atoms with E-state index in [9.17, 15) is 9.59 Å². The van der Waals surface area contributed by atoms with Crippen molar-refractivity contribution in [3.05, 3.63) is 0 Å². The van der Waals surface area contributed by atoms with Crippen molar-refractivity contribution in [1.29, 1.82) is 0 Å². The Balaban J connectivity index is 2.27. The predicted octanol–water partition coefficient (Wildman–Crippen LogP) is 1.72. The van der Waals surface area contributed by atoms with Gasteiger partial charge in [0.2, 0.25) is 0 Å². The van der Waals surface area contributed by atoms with Crippen LogP contribution in [-0.2, 0) is 9.59 Å². The molecule has 0 aliphatic heterocycles. The predicted molar refractivity (Wildman–Crippen MR) is 44.7 cm³/mol. The van der Waals surface area contributed by atoms with Gasteiger partial charge in [-0.25, -0.2) is 0 Å². The first-order valence-corrected chi connectivity index (χ1v) is 4.68. The standard InChI is InChI=1S/C10H14O2/c1-10-6-8(11)4-2-7(10)3-5-9(10)12/h7H,2-6H2,1H3. The van der Waals surface area contributed by atoms with E-state index in [2.05, 4.69) is 0 Å². The molecule has 0 aromatic carbocycles. The Labute approximate surface area is 72.3 Å². The number of hydrogen-bond donors (Lipinski definition) is 0. The largest absolute Gasteiger partial charge is 0.300 e. The summed E-state index contributed by atoms with van der Waals surface area (Å²) >= 11 is 0. The zero-order valence-electron chi connectivity index (χ0n) is 7.43. The fourth-order valence-electron chi connectivity index (χ4n) is 2.68. The minimum absolute atomic E-state index is 0.269. The second-order valence-electron chi connectivity index (χ2n) is 4.33. The van der Waals surface area contributed by atoms with E-state index in [1.807, 2.05) is 6.92 Å². The monoisotopic (exact) mass is 166 g/mol. The first kappa shape index (κ1) is 7.96. The van der Waals surface area contributed by atoms with Crippen LogP contribution in [0.15, 0.2) is 0 Å². The van der Waals surface area contributed by atoms with Crippen LogP contribution in [0.25, 0.3) is 0 Å². The van der Waals surface area contributed by atoms with E-state index >= 15 is 0 Å². The molecule has 2 saturated carbocycles. The number of hydrogen-bond acceptors (Lipinski definition) is 2. The molecule has 0 bridgehead atoms. The number of carbonyl (C=O) groups is 2. The normalized spacial score (nSPS) is 41.6. The zero-order chi connectivity index (χ0) is 8.77. The third kappa shape index (κ3) is 0.936. The molecule has 0 heterocycles. The second-order valence-corrected chi connectivity index (χ2v) is 4.33. The van der Waals surface area contributed by atoms with Crippen LogP contribution in [0.3, 0.4) is 0 Å². The second kappa shape index (κ2) is 2.41. The number of ketones is 2. The maximum atomic E-state index is 11.5. The summed E-state index contributed by atoms with van der Waals surface area (Å²) in [5.74, 6) is 1.10. The topological polar surface area (TPSA) is 34.1 Å². The molecule has 2 heteroatoms. The minimum Gasteiger partial charge on any atom is -0.300 e. The SMILES string of the molecule is CC12CC(=O)CCC1CCC2=O. The first-order valence-electron chi connectivity index (χ1n) is 4.68. The van der Waals surface area contributed by atoms with E-state index in [1.165, 1.54) is 0 Å². The van der Waals surface area contributed by atoms with Crippen LogP contribution in [0.4, 0.5) is 0 Å². The molecule has 66 valence electrons. The summed E-state index contributed by atoms with van der Waals surface area (Å²) in [5.41, 5.74) is -0.269. The average Bonchev–Trinajstić information content (AvgIpc) is 2.28. The minimum atomic E-state index is -0.269. The Morgan fingerprint density at radius 1 is 1.25 bits per heavy atom. The van der Waals surface area contributed by atoms with Gasteiger partial charge in [-0.1, -0.05) is 6.92 Å². The number of fused-ring (bicyclic) bond motifs is 1. The van der Waals surface area contributed by atoms with Crippen LogP contribution in [0.5, 0.6) is 0 Å². The van der Waals surface area contributed by atoms with Crippen molar-refractivity contribution in [2.24, 2.45) is 11.3 Å². The van der Waals surface area contributed by atoms with Gasteiger partial charge in [0.25, 0.3) is 0 Å². The summed E-state index contributed by atoms with van der Waals surface area (Å²) in [7, 11) is 0. The van der Waals surface area contributed by atoms with Crippen molar-refractivity contribution in [1.82, 2.24) is 0 Å². The number of rotatable bonds is 0. The molecule has 0 spiro atoms. The highest BCUT2D eigenvalue weighted by molar-refractivity contribution is 5.93. The summed E-state index contributed by atoms with van der Waals surface area (Å²) in [4.78, 5) is 22.7. The molecule has 0 aromatic rings. The molecule has 0 amide bonds. The third-order valence-electron chi connectivity index (χ3n) is 3.59. The molecular weight excluding hydrogens is 152 g/mol. The number of Topliss-reactive ketones (excluding diaryl/α,β-unsaturated/α-hetero) is 2. The highest BCUT2D eigenvalue weighted by atomic mass is 16.1. The van der Waals surface area contributed by atoms with Gasteiger partial charge in [0.15, 0.2) is 0 Å². The van der Waals surface area contributed by atoms with Gasteiger partial charge in [-0.15, -0.1) is 0 Å². The molecule has 2 aliphatic carbocycles. The lowest BCUT2D eigenvalue weighted by Crippen LogP contribution is -2.35. The van der Waals surface area contributed by atoms with Crippen LogP contribution >= 0.6 is 0 Å². The Morgan fingerprint density at radius 2 is 1.92 bits per heavy atom. The molecule has 0 N–H and O–H groups in total. The van der Waals surface area contributed by atoms with Crippen LogP contribution in [0.1, 0.15) is 39.0 Å². The maximum absolute atomic E-state index is 11.5. The fourth-order valence-corrected chi connectivity index (χ4v) is 2.68. The van der Waals surface area contributed by atoms with Crippen LogP contribution in [0, 0.1) is 11.3 Å². The smallest absolute Gasteiger partial charge is 0.139 e. The van der Waals surface area contributed by atoms with Gasteiger partial charge >= 0.3 is 0 Å². The van der Waals surface area contributed by atoms with Crippen molar-refractivity contribution >= 4 is 11.6 Å². The highest BCUT2D eigenvalue weighted by Crippen LogP contribution is 2.48. The van der Waals surface area contributed by atoms with Gasteiger partial charge in [-0.05, 0) is 18.8 Å². The van der Waals surface area contributed by atoms with Crippen molar-refractivity contribution < 1.29 is 9.59 Å². The summed E-state index contributed by atoms with van der Waals surface area (Å²) in [6.07, 6.45) is 3.88. The molecule has 0 saturated heterocycles. The van der Waals surface area contributed by atoms with Gasteiger partial charge < -0.3 is 0 Å². The third-order valence-corrected chi connectivity index (χ3v) is 3.59. The lowest BCUT2D eigenvalue weighted by atomic mass is 9.69. The molecule has 0 aromatic heterocycles. The molecule has 2 fully saturated rings. The molecule has 0 radical (unpaired) electrons. The van der Waals surface area contributed by atoms with Crippen molar-refractivity contribution in [2.75, 3.05) is 0 Å². The van der Waals surface area contributed by atoms with E-state index in [1.54, 1.807) is 0 Å². The van der Waals surface area contributed by atoms with Gasteiger partial charge in [0.1, 0.15) is 11.6 Å². The average molecular weight is 166 g/mol. The van der Waals surface area contributed by atoms with Crippen molar-refractivity contribution in [3.63, 3.8) is 0 Å². The van der Waals surface area contributed by atoms with Crippen molar-refractivity contribution in [2.45, 2.75) is 39.0 Å². The van der Waals surface area contributed by atoms with E-state index in [0.29, 0.717) is 31.0 Å². The van der Waals surface area contributed by atoms with Gasteiger partial charge in [-0.2, -0.15) is 0 Å². The van der Waals surface area contributed by atoms with E-state index in [0.717, 1.165) is 12.8 Å². The Bertz CT molecular complexity index is 244. The molecular formula is C10H14O2. The lowest BCUT2D eigenvalue weighted by Gasteiger charge is -2.33. The molecule has 2 rings (SSSR count). The highest BCUT2D eigenvalue weighted by Gasteiger charge is 2.48. The van der Waals surface area contributed by atoms with Gasteiger partial charge in [0, 0.05) is 24.7 Å². The number of carbonyl (C=O) groups excluding carboxylic acids is 2. The summed E-state index contributed by atoms with van der Waals surface area (Å²) in [6.45, 7) is 1.98. The van der Waals surface area contributed by atoms with E-state index in [-0.39, 0.29) is 11.2 Å². The quantitative estimate of drug-likeness (QED) is 0.549. The molecule has 2 atom stereocenters. The first-order chi connectivity index (χ1) is 5.63. The summed E-state index contributed by atoms with van der Waals surface area (Å²) in [6, 6.07) is 0. The summed E-state index contributed by atoms with van der Waals surface area (Å²) < 4.78 is 0. The van der Waals surface area contributed by atoms with E-state index < -0.39 is 0 Å². The van der Waals surface area contributed by atoms with E-state index in [4.69, 9.17) is 0 Å². The van der Waals surface area contributed by atoms with Crippen LogP contribution in [0.2, 0.25) is 0 Å². The van der Waals surface area contributed by atoms with Crippen molar-refractivity contribution in [3.8, 4) is 0 Å². The Hall–Kier alpha value is -0.660. The maximum Gasteiger partial charge on any atom is 0.139 e. The van der Waals surface area contributed by atoms with Gasteiger partial charge in [-0.3, -0.25) is 9.59 Å². The zero-order valence-corrected chi connectivity index (χ0v) is 7.43. The molecule has 2 unspecified atom stereocenters. The molecule has 2 aliphatic rings. The Morgan fingerprint density at radius 3 is 2.67 bits per heavy atom. The molecule has 2 nitrogen and oxygen atoms in total. The summed E-state index contributed by atoms with van der Waals surface area (Å²) in [5, 5.41) is 0. The van der Waals surface area contributed by atoms with Gasteiger partial charge in [0.05, 0.1) is 0 Å². The van der Waals surface area contributed by atoms with Crippen LogP contribution < -0.4 is 0 Å². The fraction of sp³-hybridized carbons (Fsp3) is 0.800.